The molecule has 5 rings (SSSR count). The standard InChI is InChI=1S/C12H24N3.C10H21N3O.C10H19N3.C7H7ClO2S.C7H16N2.C3H5NO.C3H8.ClH.2H3P/c1-3-13-12-14-8-7-11-15(4-2)9-5-6-10-15;1-2-11-10(14)12-6-5-9-13-7-3-4-8-13;1-2-11-10-12-6-5-9-13-7-3-4-8-13;1-6-2-4-7(5-3-6)11(8,9)10;8-4-3-7-9-5-1-2-6-9;1-2-4-3-5;1-3-2;;;/h3-11H2,1-2H3;2-9H2,1H3,(H2,11,12,14);2-9H2,1H3;2-5H,1H3;1-8H2;2H2,1H3;3H2,1-2H3;1H;2*1H3/q+1;;;;;;;;;/p-1. The monoisotopic (exact) mass is 1130 g/mol. The van der Waals surface area contributed by atoms with Crippen LogP contribution in [-0.2, 0) is 13.8 Å². The minimum atomic E-state index is -3.55. The van der Waals surface area contributed by atoms with E-state index >= 15 is 0 Å². The van der Waals surface area contributed by atoms with Gasteiger partial charge in [-0.25, -0.2) is 43.0 Å². The lowest BCUT2D eigenvalue weighted by molar-refractivity contribution is -0.915. The Morgan fingerprint density at radius 3 is 1.45 bits per heavy atom. The number of nitrogens with one attached hydrogen (secondary N) is 2. The highest BCUT2D eigenvalue weighted by Crippen LogP contribution is 2.19. The molecular formula is C52H106Cl2N12O4P2S. The highest BCUT2D eigenvalue weighted by Gasteiger charge is 2.29. The molecule has 0 spiro atoms. The van der Waals surface area contributed by atoms with E-state index in [0.717, 1.165) is 64.2 Å². The number of carbonyl (C=O) groups excluding carboxylic acids is 2. The zero-order valence-electron chi connectivity index (χ0n) is 47.2. The summed E-state index contributed by atoms with van der Waals surface area (Å²) in [4.78, 5) is 47.0. The predicted molar refractivity (Wildman–Crippen MR) is 318 cm³/mol. The van der Waals surface area contributed by atoms with Crippen molar-refractivity contribution in [3.8, 4) is 0 Å². The molecule has 2 unspecified atom stereocenters. The molecule has 0 aliphatic carbocycles. The van der Waals surface area contributed by atoms with Crippen LogP contribution in [0.5, 0.6) is 0 Å². The van der Waals surface area contributed by atoms with E-state index in [-0.39, 0.29) is 43.1 Å². The maximum atomic E-state index is 11.0. The van der Waals surface area contributed by atoms with Crippen LogP contribution in [0.25, 0.3) is 0 Å². The third kappa shape index (κ3) is 50.4. The fourth-order valence-corrected chi connectivity index (χ4v) is 8.50. The Bertz CT molecular complexity index is 1660. The number of quaternary nitrogens is 1. The topological polar surface area (TPSA) is 190 Å². The maximum Gasteiger partial charge on any atom is 0.314 e. The number of rotatable bonds is 21. The van der Waals surface area contributed by atoms with Crippen LogP contribution < -0.4 is 28.8 Å². The number of hydrogen-bond acceptors (Lipinski definition) is 13. The average molecular weight is 1130 g/mol. The second-order valence-corrected chi connectivity index (χ2v) is 20.2. The van der Waals surface area contributed by atoms with Gasteiger partial charge in [-0.05, 0) is 177 Å². The lowest BCUT2D eigenvalue weighted by Crippen LogP contribution is -3.00. The first-order chi connectivity index (χ1) is 33.8. The third-order valence-corrected chi connectivity index (χ3v) is 12.9. The normalized spacial score (nSPS) is 15.0. The molecule has 4 saturated heterocycles. The number of hydrogen-bond donors (Lipinski definition) is 3. The zero-order valence-corrected chi connectivity index (χ0v) is 52.3. The highest BCUT2D eigenvalue weighted by atomic mass is 35.7. The van der Waals surface area contributed by atoms with Gasteiger partial charge in [0.2, 0.25) is 6.08 Å². The van der Waals surface area contributed by atoms with Gasteiger partial charge in [-0.2, -0.15) is 19.8 Å². The van der Waals surface area contributed by atoms with Gasteiger partial charge in [0.1, 0.15) is 0 Å². The summed E-state index contributed by atoms with van der Waals surface area (Å²) in [5.74, 6) is 0. The van der Waals surface area contributed by atoms with Crippen LogP contribution in [0.2, 0.25) is 0 Å². The molecular weight excluding hydrogens is 1020 g/mol. The summed E-state index contributed by atoms with van der Waals surface area (Å²) in [5.41, 5.74) is 6.39. The molecule has 0 aromatic heterocycles. The fourth-order valence-electron chi connectivity index (χ4n) is 7.73. The molecule has 0 bridgehead atoms. The highest BCUT2D eigenvalue weighted by molar-refractivity contribution is 8.13. The quantitative estimate of drug-likeness (QED) is 0.0339. The molecule has 21 heteroatoms. The number of halogens is 2. The summed E-state index contributed by atoms with van der Waals surface area (Å²) in [6.07, 6.45) is 18.2. The summed E-state index contributed by atoms with van der Waals surface area (Å²) in [6.45, 7) is 38.9. The number of isocyanates is 1. The Morgan fingerprint density at radius 2 is 1.08 bits per heavy atom. The SMILES string of the molecule is CCC.CCN=C=NCCCN1CCCC1.CCN=C=NCCC[N+]1(CC)CCCC1.CCN=C=O.CCNC(=O)NCCCN1CCCC1.Cc1ccc(S(=O)(=O)Cl)cc1.NCCCN1CCCC1.P.P.[Cl-]. The van der Waals surface area contributed by atoms with Crippen molar-refractivity contribution in [3.05, 3.63) is 29.8 Å². The Balaban J connectivity index is -0.000000253. The van der Waals surface area contributed by atoms with Crippen LogP contribution in [0.15, 0.2) is 54.1 Å². The number of urea groups is 1. The fraction of sp³-hybridized carbons (Fsp3) is 0.808. The van der Waals surface area contributed by atoms with Gasteiger partial charge in [-0.1, -0.05) is 38.0 Å². The van der Waals surface area contributed by atoms with Crippen LogP contribution in [0.3, 0.4) is 0 Å². The number of nitrogens with zero attached hydrogens (tertiary/aromatic N) is 9. The van der Waals surface area contributed by atoms with E-state index in [0.29, 0.717) is 13.1 Å². The molecule has 1 aromatic carbocycles. The van der Waals surface area contributed by atoms with E-state index in [9.17, 15) is 13.2 Å². The largest absolute Gasteiger partial charge is 1.00 e. The Labute approximate surface area is 463 Å². The van der Waals surface area contributed by atoms with E-state index in [1.54, 1.807) is 19.1 Å². The van der Waals surface area contributed by atoms with Crippen LogP contribution in [0, 0.1) is 6.92 Å². The Morgan fingerprint density at radius 1 is 0.658 bits per heavy atom. The average Bonchev–Trinajstić information content (AvgIpc) is 4.22. The van der Waals surface area contributed by atoms with Crippen molar-refractivity contribution >= 4 is 63.7 Å². The first kappa shape index (κ1) is 79.7. The molecule has 73 heavy (non-hydrogen) atoms. The van der Waals surface area contributed by atoms with Crippen LogP contribution in [-0.4, -0.2) is 189 Å². The molecule has 16 nitrogen and oxygen atoms in total. The van der Waals surface area contributed by atoms with Gasteiger partial charge in [0, 0.05) is 62.7 Å². The third-order valence-electron chi connectivity index (χ3n) is 11.5. The number of nitrogens with two attached hydrogens (primary N) is 1. The Hall–Kier alpha value is -2.18. The second-order valence-electron chi connectivity index (χ2n) is 17.6. The minimum absolute atomic E-state index is 0. The number of likely N-dealkylation sites (tertiary alicyclic amines) is 4. The van der Waals surface area contributed by atoms with Crippen molar-refractivity contribution in [1.82, 2.24) is 25.3 Å². The van der Waals surface area contributed by atoms with Gasteiger partial charge < -0.3 is 48.0 Å². The molecule has 1 aromatic rings. The zero-order chi connectivity index (χ0) is 52.4. The molecule has 0 saturated carbocycles. The minimum Gasteiger partial charge on any atom is -1.00 e. The lowest BCUT2D eigenvalue weighted by atomic mass is 10.2. The van der Waals surface area contributed by atoms with Gasteiger partial charge in [-0.15, -0.1) is 0 Å². The van der Waals surface area contributed by atoms with Gasteiger partial charge in [0.15, 0.2) is 0 Å². The summed E-state index contributed by atoms with van der Waals surface area (Å²) in [7, 11) is 1.54. The molecule has 428 valence electrons. The van der Waals surface area contributed by atoms with Crippen molar-refractivity contribution in [3.63, 3.8) is 0 Å². The van der Waals surface area contributed by atoms with E-state index in [2.05, 4.69) is 83.1 Å². The number of aryl methyl sites for hydroxylation is 1. The molecule has 0 radical (unpaired) electrons. The van der Waals surface area contributed by atoms with Gasteiger partial charge >= 0.3 is 6.03 Å². The molecule has 4 fully saturated rings. The number of carbonyl (C=O) groups is 1. The molecule has 4 aliphatic heterocycles. The van der Waals surface area contributed by atoms with E-state index in [1.165, 1.54) is 172 Å². The molecule has 2 atom stereocenters. The van der Waals surface area contributed by atoms with Crippen LogP contribution in [0.1, 0.15) is 138 Å². The van der Waals surface area contributed by atoms with E-state index in [4.69, 9.17) is 21.2 Å². The van der Waals surface area contributed by atoms with Crippen molar-refractivity contribution in [2.24, 2.45) is 30.7 Å². The lowest BCUT2D eigenvalue weighted by Gasteiger charge is -2.32. The van der Waals surface area contributed by atoms with E-state index in [1.807, 2.05) is 27.7 Å². The second kappa shape index (κ2) is 57.5. The van der Waals surface area contributed by atoms with Crippen molar-refractivity contribution in [2.75, 3.05) is 137 Å². The van der Waals surface area contributed by atoms with Crippen molar-refractivity contribution in [1.29, 1.82) is 0 Å². The number of aliphatic imine (C=N–C) groups is 5. The van der Waals surface area contributed by atoms with Gasteiger partial charge in [0.05, 0.1) is 56.2 Å². The van der Waals surface area contributed by atoms with Gasteiger partial charge in [0.25, 0.3) is 9.05 Å². The molecule has 4 N–H and O–H groups in total. The number of benzene rings is 1. The summed E-state index contributed by atoms with van der Waals surface area (Å²) < 4.78 is 22.7. The summed E-state index contributed by atoms with van der Waals surface area (Å²) >= 11 is 0. The maximum absolute atomic E-state index is 11.0. The summed E-state index contributed by atoms with van der Waals surface area (Å²) in [6, 6.07) is 11.8. The smallest absolute Gasteiger partial charge is 0.314 e. The predicted octanol–water partition coefficient (Wildman–Crippen LogP) is 5.89. The van der Waals surface area contributed by atoms with E-state index < -0.39 is 9.05 Å². The van der Waals surface area contributed by atoms with Crippen molar-refractivity contribution in [2.45, 2.75) is 144 Å². The first-order valence-electron chi connectivity index (χ1n) is 26.8. The van der Waals surface area contributed by atoms with Gasteiger partial charge in [-0.3, -0.25) is 0 Å². The summed E-state index contributed by atoms with van der Waals surface area (Å²) in [5, 5.41) is 5.54. The molecule has 4 aliphatic rings. The molecule has 4 heterocycles. The molecule has 2 amide bonds. The first-order valence-corrected chi connectivity index (χ1v) is 29.1. The van der Waals surface area contributed by atoms with Crippen molar-refractivity contribution < 1.29 is 34.9 Å². The van der Waals surface area contributed by atoms with Crippen LogP contribution in [0.4, 0.5) is 4.79 Å². The number of amides is 2. The Kier molecular flexibility index (Phi) is 62.8. The van der Waals surface area contributed by atoms with Crippen LogP contribution >= 0.6 is 30.5 Å².